The molecule has 0 spiro atoms. The number of carbonyl (C=O) groups excluding carboxylic acids is 1. The van der Waals surface area contributed by atoms with Crippen molar-refractivity contribution < 1.29 is 4.79 Å². The smallest absolute Gasteiger partial charge is 0.255 e. The molecule has 4 heterocycles. The van der Waals surface area contributed by atoms with E-state index in [0.29, 0.717) is 41.7 Å². The Hall–Kier alpha value is -3.85. The summed E-state index contributed by atoms with van der Waals surface area (Å²) in [5.41, 5.74) is 4.21. The lowest BCUT2D eigenvalue weighted by Gasteiger charge is -2.20. The summed E-state index contributed by atoms with van der Waals surface area (Å²) in [5, 5.41) is 18.8. The number of carbonyl (C=O) groups is 1. The molecule has 1 amide bonds. The number of nitrogens with zero attached hydrogens (tertiary/aromatic N) is 6. The number of nitrogens with one attached hydrogen (secondary N) is 1. The molecule has 5 aromatic rings. The summed E-state index contributed by atoms with van der Waals surface area (Å²) in [6.45, 7) is 8.79. The van der Waals surface area contributed by atoms with Crippen LogP contribution < -0.4 is 5.32 Å². The molecule has 5 rings (SSSR count). The van der Waals surface area contributed by atoms with Crippen LogP contribution in [0.3, 0.4) is 0 Å². The van der Waals surface area contributed by atoms with Gasteiger partial charge in [-0.2, -0.15) is 5.10 Å². The molecule has 0 fully saturated rings. The van der Waals surface area contributed by atoms with Crippen LogP contribution in [0.2, 0.25) is 0 Å². The van der Waals surface area contributed by atoms with E-state index in [2.05, 4.69) is 46.5 Å². The summed E-state index contributed by atoms with van der Waals surface area (Å²) < 4.78 is 3.76. The van der Waals surface area contributed by atoms with Crippen LogP contribution in [0.1, 0.15) is 59.4 Å². The summed E-state index contributed by atoms with van der Waals surface area (Å²) in [6.07, 6.45) is 2.55. The van der Waals surface area contributed by atoms with Gasteiger partial charge in [-0.1, -0.05) is 50.2 Å². The highest BCUT2D eigenvalue weighted by Crippen LogP contribution is 2.28. The topological polar surface area (TPSA) is 90.0 Å². The normalized spacial score (nSPS) is 12.4. The van der Waals surface area contributed by atoms with Crippen molar-refractivity contribution in [3.8, 4) is 10.6 Å². The summed E-state index contributed by atoms with van der Waals surface area (Å²) in [6, 6.07) is 15.7. The van der Waals surface area contributed by atoms with Gasteiger partial charge in [-0.25, -0.2) is 4.98 Å². The molecule has 0 aliphatic carbocycles. The lowest BCUT2D eigenvalue weighted by Crippen LogP contribution is -2.31. The number of hydrogen-bond donors (Lipinski definition) is 1. The first kappa shape index (κ1) is 23.9. The zero-order valence-corrected chi connectivity index (χ0v) is 21.7. The zero-order valence-electron chi connectivity index (χ0n) is 20.8. The molecule has 0 aliphatic heterocycles. The maximum Gasteiger partial charge on any atom is 0.255 e. The van der Waals surface area contributed by atoms with Crippen LogP contribution in [0.5, 0.6) is 0 Å². The van der Waals surface area contributed by atoms with Crippen molar-refractivity contribution in [3.63, 3.8) is 0 Å². The minimum absolute atomic E-state index is 0.183. The Morgan fingerprint density at radius 2 is 1.89 bits per heavy atom. The van der Waals surface area contributed by atoms with E-state index in [4.69, 9.17) is 5.10 Å². The van der Waals surface area contributed by atoms with Gasteiger partial charge in [0.1, 0.15) is 5.69 Å². The Morgan fingerprint density at radius 1 is 1.08 bits per heavy atom. The molecule has 0 aliphatic rings. The van der Waals surface area contributed by atoms with Gasteiger partial charge in [-0.05, 0) is 49.3 Å². The fourth-order valence-corrected chi connectivity index (χ4v) is 5.17. The van der Waals surface area contributed by atoms with Gasteiger partial charge in [0, 0.05) is 17.6 Å². The summed E-state index contributed by atoms with van der Waals surface area (Å²) in [5.74, 6) is 1.38. The van der Waals surface area contributed by atoms with E-state index in [0.717, 1.165) is 21.8 Å². The van der Waals surface area contributed by atoms with E-state index in [-0.39, 0.29) is 11.9 Å². The highest BCUT2D eigenvalue weighted by atomic mass is 32.1. The van der Waals surface area contributed by atoms with Crippen molar-refractivity contribution in [1.29, 1.82) is 0 Å². The molecular weight excluding hydrogens is 470 g/mol. The monoisotopic (exact) mass is 499 g/mol. The second kappa shape index (κ2) is 10.0. The predicted molar refractivity (Wildman–Crippen MR) is 141 cm³/mol. The third-order valence-electron chi connectivity index (χ3n) is 5.99. The van der Waals surface area contributed by atoms with Crippen LogP contribution in [0, 0.1) is 19.8 Å². The van der Waals surface area contributed by atoms with E-state index < -0.39 is 0 Å². The molecular formula is C27H29N7OS. The predicted octanol–water partition coefficient (Wildman–Crippen LogP) is 5.23. The van der Waals surface area contributed by atoms with Gasteiger partial charge in [0.25, 0.3) is 11.7 Å². The van der Waals surface area contributed by atoms with E-state index in [9.17, 15) is 4.79 Å². The van der Waals surface area contributed by atoms with E-state index >= 15 is 0 Å². The molecule has 9 heteroatoms. The zero-order chi connectivity index (χ0) is 25.2. The van der Waals surface area contributed by atoms with Crippen molar-refractivity contribution in [1.82, 2.24) is 34.7 Å². The Balaban J connectivity index is 1.50. The van der Waals surface area contributed by atoms with Gasteiger partial charge in [0.2, 0.25) is 0 Å². The standard InChI is InChI=1S/C27H29N7OS/c1-17(2)13-22(25-30-31-27-28-18(3)14-19(4)34(25)27)29-26(35)21-16-33(15-20-9-6-5-7-10-20)32-24(21)23-11-8-12-36-23/h5-12,14,16-17,22H,13,15H2,1-4H3,(H,29,35)/t22-/m0/s1. The van der Waals surface area contributed by atoms with E-state index in [1.165, 1.54) is 0 Å². The van der Waals surface area contributed by atoms with E-state index in [1.807, 2.05) is 70.9 Å². The van der Waals surface area contributed by atoms with Crippen molar-refractivity contribution in [2.45, 2.75) is 46.7 Å². The Morgan fingerprint density at radius 3 is 2.61 bits per heavy atom. The quantitative estimate of drug-likeness (QED) is 0.316. The van der Waals surface area contributed by atoms with Crippen LogP contribution in [0.4, 0.5) is 0 Å². The lowest BCUT2D eigenvalue weighted by atomic mass is 10.0. The number of amides is 1. The molecule has 0 saturated heterocycles. The molecule has 0 unspecified atom stereocenters. The first-order valence-electron chi connectivity index (χ1n) is 12.0. The fourth-order valence-electron chi connectivity index (χ4n) is 4.45. The summed E-state index contributed by atoms with van der Waals surface area (Å²) in [7, 11) is 0. The Kier molecular flexibility index (Phi) is 6.65. The molecule has 184 valence electrons. The van der Waals surface area contributed by atoms with E-state index in [1.54, 1.807) is 11.3 Å². The van der Waals surface area contributed by atoms with Crippen LogP contribution >= 0.6 is 11.3 Å². The largest absolute Gasteiger partial charge is 0.342 e. The molecule has 0 saturated carbocycles. The van der Waals surface area contributed by atoms with Gasteiger partial charge in [-0.3, -0.25) is 13.9 Å². The summed E-state index contributed by atoms with van der Waals surface area (Å²) >= 11 is 1.57. The number of thiophene rings is 1. The fraction of sp³-hybridized carbons (Fsp3) is 0.296. The van der Waals surface area contributed by atoms with Gasteiger partial charge in [0.05, 0.1) is 23.0 Å². The Labute approximate surface area is 214 Å². The highest BCUT2D eigenvalue weighted by Gasteiger charge is 2.26. The van der Waals surface area contributed by atoms with Gasteiger partial charge < -0.3 is 5.32 Å². The highest BCUT2D eigenvalue weighted by molar-refractivity contribution is 7.13. The average molecular weight is 500 g/mol. The molecule has 1 N–H and O–H groups in total. The first-order valence-corrected chi connectivity index (χ1v) is 12.9. The lowest BCUT2D eigenvalue weighted by molar-refractivity contribution is 0.0930. The van der Waals surface area contributed by atoms with Crippen molar-refractivity contribution in [2.24, 2.45) is 5.92 Å². The van der Waals surface area contributed by atoms with Crippen LogP contribution in [-0.2, 0) is 6.54 Å². The minimum Gasteiger partial charge on any atom is -0.342 e. The minimum atomic E-state index is -0.329. The third-order valence-corrected chi connectivity index (χ3v) is 6.87. The van der Waals surface area contributed by atoms with Crippen molar-refractivity contribution in [3.05, 3.63) is 88.4 Å². The molecule has 1 atom stereocenters. The molecule has 0 bridgehead atoms. The second-order valence-electron chi connectivity index (χ2n) is 9.44. The van der Waals surface area contributed by atoms with Crippen LogP contribution in [0.15, 0.2) is 60.1 Å². The van der Waals surface area contributed by atoms with Crippen molar-refractivity contribution in [2.75, 3.05) is 0 Å². The molecule has 1 aromatic carbocycles. The van der Waals surface area contributed by atoms with Gasteiger partial charge >= 0.3 is 0 Å². The molecule has 36 heavy (non-hydrogen) atoms. The number of aromatic nitrogens is 6. The SMILES string of the molecule is Cc1cc(C)n2c([C@H](CC(C)C)NC(=O)c3cn(Cc4ccccc4)nc3-c3cccs3)nnc2n1. The van der Waals surface area contributed by atoms with Crippen LogP contribution in [0.25, 0.3) is 16.3 Å². The Bertz CT molecular complexity index is 1490. The molecule has 8 nitrogen and oxygen atoms in total. The third kappa shape index (κ3) is 4.92. The molecule has 4 aromatic heterocycles. The first-order chi connectivity index (χ1) is 17.4. The number of aryl methyl sites for hydroxylation is 2. The number of hydrogen-bond acceptors (Lipinski definition) is 6. The summed E-state index contributed by atoms with van der Waals surface area (Å²) in [4.78, 5) is 19.2. The van der Waals surface area contributed by atoms with Crippen molar-refractivity contribution >= 4 is 23.0 Å². The number of rotatable bonds is 8. The second-order valence-corrected chi connectivity index (χ2v) is 10.4. The molecule has 0 radical (unpaired) electrons. The van der Waals surface area contributed by atoms with Gasteiger partial charge in [-0.15, -0.1) is 21.5 Å². The maximum absolute atomic E-state index is 13.8. The number of benzene rings is 1. The maximum atomic E-state index is 13.8. The van der Waals surface area contributed by atoms with Crippen LogP contribution in [-0.4, -0.2) is 35.3 Å². The number of fused-ring (bicyclic) bond motifs is 1. The average Bonchev–Trinajstić information content (AvgIpc) is 3.58. The van der Waals surface area contributed by atoms with Gasteiger partial charge in [0.15, 0.2) is 5.82 Å².